The van der Waals surface area contributed by atoms with Crippen molar-refractivity contribution in [1.29, 1.82) is 0 Å². The topological polar surface area (TPSA) is 205 Å². The molecule has 0 saturated heterocycles. The van der Waals surface area contributed by atoms with Crippen LogP contribution in [0.15, 0.2) is 61.2 Å². The van der Waals surface area contributed by atoms with E-state index in [1.165, 1.54) is 62.0 Å². The average molecular weight is 564 g/mol. The van der Waals surface area contributed by atoms with Crippen molar-refractivity contribution in [3.8, 4) is 0 Å². The molecule has 210 valence electrons. The monoisotopic (exact) mass is 564 g/mol. The van der Waals surface area contributed by atoms with Crippen molar-refractivity contribution >= 4 is 24.1 Å². The Bertz CT molecular complexity index is 1520. The number of benzene rings is 1. The highest BCUT2D eigenvalue weighted by Crippen LogP contribution is 2.34. The molecule has 16 heteroatoms. The summed E-state index contributed by atoms with van der Waals surface area (Å²) in [6.45, 7) is 0.108. The summed E-state index contributed by atoms with van der Waals surface area (Å²) >= 11 is 0. The smallest absolute Gasteiger partial charge is 0.294 e. The summed E-state index contributed by atoms with van der Waals surface area (Å²) in [6, 6.07) is 5.97. The summed E-state index contributed by atoms with van der Waals surface area (Å²) in [6.07, 6.45) is 5.66. The molecule has 0 bridgehead atoms. The summed E-state index contributed by atoms with van der Waals surface area (Å²) in [5.41, 5.74) is 0.350. The van der Waals surface area contributed by atoms with Crippen LogP contribution in [0, 0.1) is 27.2 Å². The highest BCUT2D eigenvalue weighted by molar-refractivity contribution is 6.22. The number of amides is 4. The lowest BCUT2D eigenvalue weighted by Crippen LogP contribution is -2.37. The number of rotatable bonds is 12. The van der Waals surface area contributed by atoms with E-state index in [-0.39, 0.29) is 39.8 Å². The molecule has 2 unspecified atom stereocenters. The van der Waals surface area contributed by atoms with Gasteiger partial charge in [0.25, 0.3) is 27.9 Å². The van der Waals surface area contributed by atoms with Gasteiger partial charge in [-0.05, 0) is 47.9 Å². The molecular formula is C25H20N6O10. The maximum Gasteiger partial charge on any atom is 0.294 e. The summed E-state index contributed by atoms with van der Waals surface area (Å²) in [4.78, 5) is 92.5. The molecule has 0 N–H and O–H groups in total. The molecular weight excluding hydrogens is 544 g/mol. The van der Waals surface area contributed by atoms with Crippen LogP contribution in [0.2, 0.25) is 0 Å². The van der Waals surface area contributed by atoms with Crippen molar-refractivity contribution < 1.29 is 39.0 Å². The molecule has 0 fully saturated rings. The minimum absolute atomic E-state index is 0.0720. The van der Waals surface area contributed by atoms with E-state index < -0.39 is 53.2 Å². The number of pyridine rings is 2. The number of hydrogen-bond donors (Lipinski definition) is 0. The number of fused-ring (bicyclic) bond motifs is 1. The fourth-order valence-corrected chi connectivity index (χ4v) is 4.40. The van der Waals surface area contributed by atoms with E-state index in [0.29, 0.717) is 4.90 Å². The average Bonchev–Trinajstić information content (AvgIpc) is 3.19. The molecule has 0 saturated carbocycles. The lowest BCUT2D eigenvalue weighted by atomic mass is 9.98. The first-order chi connectivity index (χ1) is 19.6. The number of hydrogen-bond acceptors (Lipinski definition) is 12. The quantitative estimate of drug-likeness (QED) is 0.134. The second kappa shape index (κ2) is 11.9. The molecule has 1 aliphatic rings. The molecule has 2 atom stereocenters. The number of imide groups is 2. The summed E-state index contributed by atoms with van der Waals surface area (Å²) in [7, 11) is 0. The minimum atomic E-state index is -1.25. The highest BCUT2D eigenvalue weighted by atomic mass is 17.0. The van der Waals surface area contributed by atoms with Gasteiger partial charge in [-0.15, -0.1) is 20.2 Å². The third-order valence-electron chi connectivity index (χ3n) is 6.30. The van der Waals surface area contributed by atoms with Gasteiger partial charge in [-0.3, -0.25) is 38.9 Å². The van der Waals surface area contributed by atoms with E-state index in [2.05, 4.69) is 19.6 Å². The van der Waals surface area contributed by atoms with Gasteiger partial charge in [-0.2, -0.15) is 0 Å². The third kappa shape index (κ3) is 5.80. The SMILES string of the molecule is Cc1cc2c(cc1C(=O)N(C=O)C(CO[N+](=O)[O-])c1cccnc1)C(=O)N(C(CO[N+](=O)[O-])c1cccnc1)C2=O. The van der Waals surface area contributed by atoms with Crippen molar-refractivity contribution in [3.05, 3.63) is 115 Å². The molecule has 0 spiro atoms. The van der Waals surface area contributed by atoms with E-state index in [4.69, 9.17) is 0 Å². The van der Waals surface area contributed by atoms with E-state index in [1.807, 2.05) is 0 Å². The second-order valence-corrected chi connectivity index (χ2v) is 8.65. The third-order valence-corrected chi connectivity index (χ3v) is 6.30. The molecule has 41 heavy (non-hydrogen) atoms. The largest absolute Gasteiger partial charge is 0.311 e. The van der Waals surface area contributed by atoms with Crippen LogP contribution in [0.3, 0.4) is 0 Å². The van der Waals surface area contributed by atoms with Crippen LogP contribution in [0.25, 0.3) is 0 Å². The molecule has 0 aliphatic carbocycles. The first kappa shape index (κ1) is 28.2. The fourth-order valence-electron chi connectivity index (χ4n) is 4.40. The Labute approximate surface area is 230 Å². The number of nitrogens with zero attached hydrogens (tertiary/aromatic N) is 6. The Kier molecular flexibility index (Phi) is 8.21. The highest BCUT2D eigenvalue weighted by Gasteiger charge is 2.42. The van der Waals surface area contributed by atoms with Gasteiger partial charge in [0.1, 0.15) is 13.2 Å². The van der Waals surface area contributed by atoms with Gasteiger partial charge in [0.2, 0.25) is 6.41 Å². The number of carbonyl (C=O) groups is 4. The van der Waals surface area contributed by atoms with Crippen LogP contribution < -0.4 is 0 Å². The predicted octanol–water partition coefficient (Wildman–Crippen LogP) is 1.88. The zero-order chi connectivity index (χ0) is 29.7. The van der Waals surface area contributed by atoms with Crippen LogP contribution in [-0.4, -0.2) is 67.3 Å². The molecule has 2 aromatic heterocycles. The molecule has 0 radical (unpaired) electrons. The Balaban J connectivity index is 1.71. The zero-order valence-electron chi connectivity index (χ0n) is 21.2. The van der Waals surface area contributed by atoms with Gasteiger partial charge in [-0.25, -0.2) is 0 Å². The summed E-state index contributed by atoms with van der Waals surface area (Å²) in [5, 5.41) is 19.6. The fraction of sp³-hybridized carbons (Fsp3) is 0.200. The van der Waals surface area contributed by atoms with Gasteiger partial charge in [-0.1, -0.05) is 12.1 Å². The Hall–Kier alpha value is -5.80. The van der Waals surface area contributed by atoms with Gasteiger partial charge >= 0.3 is 0 Å². The minimum Gasteiger partial charge on any atom is -0.311 e. The van der Waals surface area contributed by atoms with Crippen LogP contribution in [0.1, 0.15) is 59.8 Å². The van der Waals surface area contributed by atoms with Crippen molar-refractivity contribution in [3.63, 3.8) is 0 Å². The van der Waals surface area contributed by atoms with Crippen LogP contribution in [0.5, 0.6) is 0 Å². The first-order valence-corrected chi connectivity index (χ1v) is 11.8. The van der Waals surface area contributed by atoms with Gasteiger partial charge in [0.15, 0.2) is 0 Å². The van der Waals surface area contributed by atoms with E-state index >= 15 is 0 Å². The lowest BCUT2D eigenvalue weighted by Gasteiger charge is -2.26. The zero-order valence-corrected chi connectivity index (χ0v) is 21.2. The standard InChI is InChI=1S/C25H20N6O10/c1-15-8-19-20(25(35)29(24(19)34)22(13-41-31(38)39)17-5-3-7-27-11-17)9-18(15)23(33)28(14-32)21(12-40-30(36)37)16-4-2-6-26-10-16/h2-11,14,21-22H,12-13H2,1H3. The van der Waals surface area contributed by atoms with Crippen LogP contribution >= 0.6 is 0 Å². The normalized spacial score (nSPS) is 13.6. The Morgan fingerprint density at radius 2 is 1.54 bits per heavy atom. The van der Waals surface area contributed by atoms with E-state index in [9.17, 15) is 39.4 Å². The summed E-state index contributed by atoms with van der Waals surface area (Å²) < 4.78 is 0. The van der Waals surface area contributed by atoms with Crippen molar-refractivity contribution in [2.24, 2.45) is 0 Å². The van der Waals surface area contributed by atoms with E-state index in [1.54, 1.807) is 0 Å². The Morgan fingerprint density at radius 1 is 0.976 bits per heavy atom. The molecule has 1 aromatic carbocycles. The van der Waals surface area contributed by atoms with Crippen molar-refractivity contribution in [2.75, 3.05) is 13.2 Å². The number of aromatic nitrogens is 2. The first-order valence-electron chi connectivity index (χ1n) is 11.8. The second-order valence-electron chi connectivity index (χ2n) is 8.65. The predicted molar refractivity (Wildman–Crippen MR) is 134 cm³/mol. The van der Waals surface area contributed by atoms with Crippen molar-refractivity contribution in [2.45, 2.75) is 19.0 Å². The van der Waals surface area contributed by atoms with Gasteiger partial charge in [0, 0.05) is 30.4 Å². The van der Waals surface area contributed by atoms with Gasteiger partial charge < -0.3 is 9.68 Å². The molecule has 4 amide bonds. The molecule has 3 aromatic rings. The maximum absolute atomic E-state index is 13.6. The molecule has 3 heterocycles. The van der Waals surface area contributed by atoms with Crippen molar-refractivity contribution in [1.82, 2.24) is 19.8 Å². The van der Waals surface area contributed by atoms with Crippen LogP contribution in [-0.2, 0) is 14.5 Å². The van der Waals surface area contributed by atoms with E-state index in [0.717, 1.165) is 11.0 Å². The number of aryl methyl sites for hydroxylation is 1. The Morgan fingerprint density at radius 3 is 2.07 bits per heavy atom. The van der Waals surface area contributed by atoms with Crippen LogP contribution in [0.4, 0.5) is 0 Å². The van der Waals surface area contributed by atoms with Gasteiger partial charge in [0.05, 0.1) is 23.2 Å². The lowest BCUT2D eigenvalue weighted by molar-refractivity contribution is -0.758. The maximum atomic E-state index is 13.6. The molecule has 1 aliphatic heterocycles. The number of carbonyl (C=O) groups excluding carboxylic acids is 4. The molecule has 16 nitrogen and oxygen atoms in total. The summed E-state index contributed by atoms with van der Waals surface area (Å²) in [5.74, 6) is -2.58. The molecule has 4 rings (SSSR count).